The summed E-state index contributed by atoms with van der Waals surface area (Å²) < 4.78 is 71.7. The Morgan fingerprint density at radius 1 is 0.606 bits per heavy atom. The van der Waals surface area contributed by atoms with Crippen molar-refractivity contribution in [1.29, 1.82) is 0 Å². The fourth-order valence-corrected chi connectivity index (χ4v) is 12.3. The molecule has 6 rings (SSSR count). The molecule has 1 aromatic heterocycles. The molecule has 66 heavy (non-hydrogen) atoms. The van der Waals surface area contributed by atoms with Crippen molar-refractivity contribution in [2.45, 2.75) is 190 Å². The molecule has 0 saturated carbocycles. The predicted molar refractivity (Wildman–Crippen MR) is 267 cm³/mol. The van der Waals surface area contributed by atoms with E-state index in [0.29, 0.717) is 47.5 Å². The molecule has 4 heterocycles. The van der Waals surface area contributed by atoms with E-state index < -0.39 is 26.4 Å². The topological polar surface area (TPSA) is 78.4 Å². The number of hydrogen-bond acceptors (Lipinski definition) is 9. The van der Waals surface area contributed by atoms with Crippen LogP contribution in [0.2, 0.25) is 0 Å². The van der Waals surface area contributed by atoms with Crippen LogP contribution in [0.4, 0.5) is 14.5 Å². The number of pyridine rings is 1. The molecule has 9 nitrogen and oxygen atoms in total. The zero-order valence-electron chi connectivity index (χ0n) is 41.2. The molecule has 0 atom stereocenters. The van der Waals surface area contributed by atoms with Gasteiger partial charge in [-0.05, 0) is 76.0 Å². The molecular weight excluding hydrogens is 853 g/mol. The summed E-state index contributed by atoms with van der Waals surface area (Å²) in [7, 11) is -2.98. The molecule has 0 amide bonds. The Kier molecular flexibility index (Phi) is 22.0. The number of rotatable bonds is 29. The Morgan fingerprint density at radius 2 is 1.11 bits per heavy atom. The molecule has 12 heteroatoms. The van der Waals surface area contributed by atoms with E-state index in [0.717, 1.165) is 77.0 Å². The quantitative estimate of drug-likeness (QED) is 0.0632. The monoisotopic (exact) mass is 938 g/mol. The van der Waals surface area contributed by atoms with E-state index in [2.05, 4.69) is 38.4 Å². The lowest BCUT2D eigenvalue weighted by atomic mass is 9.99. The lowest BCUT2D eigenvalue weighted by molar-refractivity contribution is 0.0384. The van der Waals surface area contributed by atoms with Gasteiger partial charge in [-0.25, -0.2) is 17.2 Å². The molecule has 0 spiro atoms. The Bertz CT molecular complexity index is 1980. The van der Waals surface area contributed by atoms with Gasteiger partial charge < -0.3 is 19.3 Å². The highest BCUT2D eigenvalue weighted by atomic mass is 32.2. The Morgan fingerprint density at radius 3 is 1.61 bits per heavy atom. The van der Waals surface area contributed by atoms with Crippen molar-refractivity contribution in [2.75, 3.05) is 77.5 Å². The van der Waals surface area contributed by atoms with E-state index >= 15 is 8.78 Å². The van der Waals surface area contributed by atoms with E-state index in [4.69, 9.17) is 9.47 Å². The van der Waals surface area contributed by atoms with Gasteiger partial charge in [0.25, 0.3) is 0 Å². The molecule has 3 aliphatic heterocycles. The number of likely N-dealkylation sites (tertiary alicyclic amines) is 1. The second-order valence-electron chi connectivity index (χ2n) is 19.6. The van der Waals surface area contributed by atoms with Gasteiger partial charge in [0.2, 0.25) is 9.84 Å². The highest BCUT2D eigenvalue weighted by Gasteiger charge is 2.35. The summed E-state index contributed by atoms with van der Waals surface area (Å²) >= 11 is 0. The van der Waals surface area contributed by atoms with Gasteiger partial charge in [0.1, 0.15) is 21.4 Å². The highest BCUT2D eigenvalue weighted by Crippen LogP contribution is 2.40. The van der Waals surface area contributed by atoms with Crippen molar-refractivity contribution in [1.82, 2.24) is 19.7 Å². The Hall–Kier alpha value is -3.06. The van der Waals surface area contributed by atoms with Gasteiger partial charge in [0.15, 0.2) is 11.6 Å². The summed E-state index contributed by atoms with van der Waals surface area (Å²) in [6, 6.07) is 8.13. The van der Waals surface area contributed by atoms with Crippen LogP contribution in [0.1, 0.15) is 168 Å². The minimum absolute atomic E-state index is 0.138. The maximum atomic E-state index is 15.9. The minimum atomic E-state index is -4.55. The van der Waals surface area contributed by atoms with Gasteiger partial charge in [-0.1, -0.05) is 136 Å². The highest BCUT2D eigenvalue weighted by molar-refractivity contribution is 7.91. The lowest BCUT2D eigenvalue weighted by Gasteiger charge is -2.46. The zero-order chi connectivity index (χ0) is 46.6. The first-order valence-electron chi connectivity index (χ1n) is 26.5. The normalized spacial score (nSPS) is 17.6. The summed E-state index contributed by atoms with van der Waals surface area (Å²) in [6.45, 7) is 13.8. The average Bonchev–Trinajstić information content (AvgIpc) is 3.34. The number of hydrogen-bond donors (Lipinski definition) is 0. The van der Waals surface area contributed by atoms with Gasteiger partial charge in [-0.2, -0.15) is 0 Å². The Balaban J connectivity index is 0.944. The van der Waals surface area contributed by atoms with Crippen LogP contribution in [0.15, 0.2) is 46.3 Å². The number of nitrogens with zero attached hydrogens (tertiary/aromatic N) is 5. The predicted octanol–water partition coefficient (Wildman–Crippen LogP) is 12.6. The number of anilines is 1. The first-order chi connectivity index (χ1) is 32.2. The standard InChI is InChI=1S/C54H85F2N5O4S/c1-4-6-7-8-9-10-11-12-13-14-15-16-17-18-19-20-21-22-23-24-39-65-51-41-49(56)52(42-48(51)55)66(62,63)53-43-57-50-26-25-46(64-3)40-47(50)54(53)61-33-29-45(30-34-61)60-37-35-59(36-38-60)44-27-31-58(5-2)32-28-44/h25-26,40-45H,4-24,27-39H2,1-3H3. The van der Waals surface area contributed by atoms with E-state index in [1.54, 1.807) is 25.3 Å². The van der Waals surface area contributed by atoms with E-state index in [-0.39, 0.29) is 17.3 Å². The summed E-state index contributed by atoms with van der Waals surface area (Å²) in [6.07, 6.45) is 31.3. The van der Waals surface area contributed by atoms with Crippen molar-refractivity contribution >= 4 is 26.4 Å². The number of benzene rings is 2. The number of methoxy groups -OCH3 is 1. The van der Waals surface area contributed by atoms with Crippen LogP contribution in [0.5, 0.6) is 11.5 Å². The van der Waals surface area contributed by atoms with Crippen molar-refractivity contribution in [3.63, 3.8) is 0 Å². The number of piperidine rings is 2. The van der Waals surface area contributed by atoms with Crippen LogP contribution in [0.3, 0.4) is 0 Å². The van der Waals surface area contributed by atoms with Crippen LogP contribution < -0.4 is 14.4 Å². The number of ether oxygens (including phenoxy) is 2. The van der Waals surface area contributed by atoms with Crippen LogP contribution in [-0.4, -0.2) is 113 Å². The molecule has 0 aliphatic carbocycles. The third-order valence-electron chi connectivity index (χ3n) is 15.0. The maximum absolute atomic E-state index is 15.9. The number of halogens is 2. The van der Waals surface area contributed by atoms with Crippen LogP contribution in [0, 0.1) is 11.6 Å². The minimum Gasteiger partial charge on any atom is -0.497 e. The van der Waals surface area contributed by atoms with Gasteiger partial charge in [0.05, 0.1) is 24.9 Å². The van der Waals surface area contributed by atoms with Gasteiger partial charge in [0, 0.05) is 69.0 Å². The summed E-state index contributed by atoms with van der Waals surface area (Å²) in [5.74, 6) is -1.64. The number of sulfone groups is 1. The third-order valence-corrected chi connectivity index (χ3v) is 16.8. The molecule has 0 N–H and O–H groups in total. The number of aromatic nitrogens is 1. The average molecular weight is 938 g/mol. The number of unbranched alkanes of at least 4 members (excludes halogenated alkanes) is 19. The molecular formula is C54H85F2N5O4S. The van der Waals surface area contributed by atoms with Crippen LogP contribution >= 0.6 is 0 Å². The zero-order valence-corrected chi connectivity index (χ0v) is 42.0. The molecule has 3 fully saturated rings. The van der Waals surface area contributed by atoms with E-state index in [1.165, 1.54) is 141 Å². The van der Waals surface area contributed by atoms with Crippen molar-refractivity contribution < 1.29 is 26.7 Å². The first-order valence-corrected chi connectivity index (χ1v) is 28.0. The molecule has 0 bridgehead atoms. The van der Waals surface area contributed by atoms with Crippen LogP contribution in [0.25, 0.3) is 10.9 Å². The Labute approximate surface area is 398 Å². The van der Waals surface area contributed by atoms with Gasteiger partial charge >= 0.3 is 0 Å². The van der Waals surface area contributed by atoms with Crippen molar-refractivity contribution in [3.8, 4) is 11.5 Å². The molecule has 3 aliphatic rings. The third kappa shape index (κ3) is 15.2. The van der Waals surface area contributed by atoms with E-state index in [9.17, 15) is 8.42 Å². The molecule has 0 radical (unpaired) electrons. The molecule has 370 valence electrons. The fourth-order valence-electron chi connectivity index (χ4n) is 10.8. The molecule has 0 unspecified atom stereocenters. The fraction of sp³-hybridized carbons (Fsp3) is 0.722. The lowest BCUT2D eigenvalue weighted by Crippen LogP contribution is -2.56. The van der Waals surface area contributed by atoms with Crippen LogP contribution in [-0.2, 0) is 9.84 Å². The molecule has 3 saturated heterocycles. The maximum Gasteiger partial charge on any atom is 0.213 e. The van der Waals surface area contributed by atoms with Crippen molar-refractivity contribution in [3.05, 3.63) is 48.2 Å². The second-order valence-corrected chi connectivity index (χ2v) is 21.5. The largest absolute Gasteiger partial charge is 0.497 e. The molecule has 3 aromatic rings. The number of fused-ring (bicyclic) bond motifs is 1. The smallest absolute Gasteiger partial charge is 0.213 e. The SMILES string of the molecule is CCCCCCCCCCCCCCCCCCCCCCOc1cc(F)c(S(=O)(=O)c2cnc3ccc(OC)cc3c2N2CCC(N3CCN(C4CCN(CC)CC4)CC3)CC2)cc1F. The summed E-state index contributed by atoms with van der Waals surface area (Å²) in [5, 5.41) is 0.604. The van der Waals surface area contributed by atoms with Gasteiger partial charge in [-0.15, -0.1) is 0 Å². The molecule has 2 aromatic carbocycles. The van der Waals surface area contributed by atoms with Gasteiger partial charge in [-0.3, -0.25) is 14.8 Å². The second kappa shape index (κ2) is 27.8. The first kappa shape index (κ1) is 52.3. The number of piperazine rings is 1. The van der Waals surface area contributed by atoms with E-state index in [1.807, 2.05) is 0 Å². The van der Waals surface area contributed by atoms with Crippen molar-refractivity contribution in [2.24, 2.45) is 0 Å². The summed E-state index contributed by atoms with van der Waals surface area (Å²) in [4.78, 5) is 13.6. The summed E-state index contributed by atoms with van der Waals surface area (Å²) in [5.41, 5.74) is 1.06.